The van der Waals surface area contributed by atoms with E-state index in [4.69, 9.17) is 10.00 Å². The van der Waals surface area contributed by atoms with E-state index in [9.17, 15) is 0 Å². The zero-order chi connectivity index (χ0) is 16.3. The van der Waals surface area contributed by atoms with Gasteiger partial charge in [-0.05, 0) is 49.6 Å². The van der Waals surface area contributed by atoms with Gasteiger partial charge in [0.2, 0.25) is 0 Å². The number of hydrogen-bond acceptors (Lipinski definition) is 3. The average molecular weight is 308 g/mol. The summed E-state index contributed by atoms with van der Waals surface area (Å²) in [5.41, 5.74) is 3.89. The van der Waals surface area contributed by atoms with Crippen molar-refractivity contribution in [2.24, 2.45) is 0 Å². The molecule has 0 bridgehead atoms. The first-order valence-corrected chi connectivity index (χ1v) is 8.13. The van der Waals surface area contributed by atoms with Gasteiger partial charge in [-0.2, -0.15) is 5.26 Å². The Balaban J connectivity index is 1.72. The Morgan fingerprint density at radius 3 is 2.74 bits per heavy atom. The Morgan fingerprint density at radius 1 is 1.09 bits per heavy atom. The minimum Gasteiger partial charge on any atom is -0.494 e. The molecule has 1 N–H and O–H groups in total. The molecule has 3 heteroatoms. The van der Waals surface area contributed by atoms with Crippen LogP contribution < -0.4 is 10.1 Å². The van der Waals surface area contributed by atoms with Gasteiger partial charge in [0.15, 0.2) is 0 Å². The number of ether oxygens (including phenoxy) is 1. The Hall–Kier alpha value is -2.31. The fraction of sp³-hybridized carbons (Fsp3) is 0.350. The number of unbranched alkanes of at least 4 members (excludes halogenated alkanes) is 1. The van der Waals surface area contributed by atoms with Crippen LogP contribution in [0.3, 0.4) is 0 Å². The van der Waals surface area contributed by atoms with Crippen molar-refractivity contribution in [3.05, 3.63) is 65.2 Å². The summed E-state index contributed by atoms with van der Waals surface area (Å²) in [4.78, 5) is 0. The summed E-state index contributed by atoms with van der Waals surface area (Å²) in [7, 11) is 0. The zero-order valence-corrected chi connectivity index (χ0v) is 13.7. The molecule has 0 aliphatic rings. The van der Waals surface area contributed by atoms with Crippen LogP contribution in [0.1, 0.15) is 29.5 Å². The predicted octanol–water partition coefficient (Wildman–Crippen LogP) is 4.01. The lowest BCUT2D eigenvalue weighted by Gasteiger charge is -2.09. The smallest absolute Gasteiger partial charge is 0.119 e. The van der Waals surface area contributed by atoms with Gasteiger partial charge in [-0.25, -0.2) is 0 Å². The monoisotopic (exact) mass is 308 g/mol. The second-order valence-electron chi connectivity index (χ2n) is 5.67. The standard InChI is InChI=1S/C20H24N2O/c1-17-6-4-7-18(14-17)10-12-22-16-19-8-5-9-20(15-19)23-13-3-2-11-21/h4-9,14-15,22H,2-3,10,12-13,16H2,1H3. The van der Waals surface area contributed by atoms with Gasteiger partial charge < -0.3 is 10.1 Å². The minimum atomic E-state index is 0.542. The highest BCUT2D eigenvalue weighted by atomic mass is 16.5. The highest BCUT2D eigenvalue weighted by Crippen LogP contribution is 2.13. The van der Waals surface area contributed by atoms with Crippen LogP contribution in [0.25, 0.3) is 0 Å². The summed E-state index contributed by atoms with van der Waals surface area (Å²) in [6, 6.07) is 18.9. The largest absolute Gasteiger partial charge is 0.494 e. The molecule has 0 amide bonds. The van der Waals surface area contributed by atoms with Gasteiger partial charge in [-0.15, -0.1) is 0 Å². The molecule has 0 spiro atoms. The molecular weight excluding hydrogens is 284 g/mol. The first kappa shape index (κ1) is 17.1. The summed E-state index contributed by atoms with van der Waals surface area (Å²) in [6.07, 6.45) is 2.35. The number of nitrogens with zero attached hydrogens (tertiary/aromatic N) is 1. The lowest BCUT2D eigenvalue weighted by Crippen LogP contribution is -2.16. The van der Waals surface area contributed by atoms with E-state index in [0.717, 1.165) is 31.7 Å². The first-order chi connectivity index (χ1) is 11.3. The number of aryl methyl sites for hydroxylation is 1. The van der Waals surface area contributed by atoms with Gasteiger partial charge in [0.25, 0.3) is 0 Å². The van der Waals surface area contributed by atoms with Crippen molar-refractivity contribution in [2.45, 2.75) is 32.7 Å². The number of nitrogens with one attached hydrogen (secondary N) is 1. The summed E-state index contributed by atoms with van der Waals surface area (Å²) >= 11 is 0. The highest BCUT2D eigenvalue weighted by Gasteiger charge is 1.98. The quantitative estimate of drug-likeness (QED) is 0.712. The van der Waals surface area contributed by atoms with Crippen molar-refractivity contribution in [3.8, 4) is 11.8 Å². The Morgan fingerprint density at radius 2 is 1.91 bits per heavy atom. The molecule has 0 atom stereocenters. The number of hydrogen-bond donors (Lipinski definition) is 1. The molecule has 0 heterocycles. The molecule has 2 rings (SSSR count). The molecule has 0 saturated carbocycles. The summed E-state index contributed by atoms with van der Waals surface area (Å²) in [5.74, 6) is 0.876. The molecule has 0 aliphatic carbocycles. The van der Waals surface area contributed by atoms with E-state index in [1.54, 1.807) is 0 Å². The Labute approximate surface area is 138 Å². The van der Waals surface area contributed by atoms with Crippen LogP contribution in [0.5, 0.6) is 5.75 Å². The van der Waals surface area contributed by atoms with Gasteiger partial charge in [-0.3, -0.25) is 0 Å². The highest BCUT2D eigenvalue weighted by molar-refractivity contribution is 5.28. The van der Waals surface area contributed by atoms with Crippen LogP contribution in [0.15, 0.2) is 48.5 Å². The van der Waals surface area contributed by atoms with Gasteiger partial charge in [0, 0.05) is 13.0 Å². The first-order valence-electron chi connectivity index (χ1n) is 8.13. The van der Waals surface area contributed by atoms with Crippen molar-refractivity contribution >= 4 is 0 Å². The van der Waals surface area contributed by atoms with Crippen LogP contribution in [-0.2, 0) is 13.0 Å². The molecule has 120 valence electrons. The number of benzene rings is 2. The van der Waals surface area contributed by atoms with Crippen LogP contribution in [0.2, 0.25) is 0 Å². The van der Waals surface area contributed by atoms with Gasteiger partial charge in [0.05, 0.1) is 12.7 Å². The number of nitriles is 1. The van der Waals surface area contributed by atoms with Crippen molar-refractivity contribution in [3.63, 3.8) is 0 Å². The van der Waals surface area contributed by atoms with E-state index in [-0.39, 0.29) is 0 Å². The van der Waals surface area contributed by atoms with E-state index in [0.29, 0.717) is 13.0 Å². The molecule has 0 saturated heterocycles. The van der Waals surface area contributed by atoms with Crippen molar-refractivity contribution < 1.29 is 4.74 Å². The van der Waals surface area contributed by atoms with Crippen molar-refractivity contribution in [2.75, 3.05) is 13.2 Å². The van der Waals surface area contributed by atoms with E-state index in [2.05, 4.69) is 54.7 Å². The average Bonchev–Trinajstić information content (AvgIpc) is 2.56. The lowest BCUT2D eigenvalue weighted by molar-refractivity contribution is 0.312. The minimum absolute atomic E-state index is 0.542. The maximum atomic E-state index is 8.51. The van der Waals surface area contributed by atoms with Gasteiger partial charge >= 0.3 is 0 Å². The normalized spacial score (nSPS) is 10.3. The third kappa shape index (κ3) is 6.54. The molecule has 0 fully saturated rings. The second kappa shape index (κ2) is 9.66. The number of rotatable bonds is 9. The van der Waals surface area contributed by atoms with Gasteiger partial charge in [-0.1, -0.05) is 42.0 Å². The topological polar surface area (TPSA) is 45.0 Å². The molecule has 23 heavy (non-hydrogen) atoms. The summed E-state index contributed by atoms with van der Waals surface area (Å²) < 4.78 is 5.66. The third-order valence-corrected chi connectivity index (χ3v) is 3.60. The molecule has 0 aliphatic heterocycles. The molecule has 0 unspecified atom stereocenters. The van der Waals surface area contributed by atoms with Crippen molar-refractivity contribution in [1.29, 1.82) is 5.26 Å². The lowest BCUT2D eigenvalue weighted by atomic mass is 10.1. The predicted molar refractivity (Wildman–Crippen MR) is 93.4 cm³/mol. The fourth-order valence-corrected chi connectivity index (χ4v) is 2.42. The van der Waals surface area contributed by atoms with E-state index < -0.39 is 0 Å². The Bertz CT molecular complexity index is 646. The third-order valence-electron chi connectivity index (χ3n) is 3.60. The van der Waals surface area contributed by atoms with Crippen LogP contribution in [0.4, 0.5) is 0 Å². The molecule has 0 radical (unpaired) electrons. The Kier molecular flexibility index (Phi) is 7.16. The zero-order valence-electron chi connectivity index (χ0n) is 13.7. The van der Waals surface area contributed by atoms with Crippen LogP contribution in [0, 0.1) is 18.3 Å². The van der Waals surface area contributed by atoms with E-state index >= 15 is 0 Å². The molecule has 3 nitrogen and oxygen atoms in total. The molecule has 2 aromatic carbocycles. The molecular formula is C20H24N2O. The maximum absolute atomic E-state index is 8.51. The van der Waals surface area contributed by atoms with Crippen LogP contribution >= 0.6 is 0 Å². The van der Waals surface area contributed by atoms with Crippen LogP contribution in [-0.4, -0.2) is 13.2 Å². The van der Waals surface area contributed by atoms with E-state index in [1.807, 2.05) is 12.1 Å². The summed E-state index contributed by atoms with van der Waals surface area (Å²) in [5, 5.41) is 12.0. The molecule has 2 aromatic rings. The van der Waals surface area contributed by atoms with Gasteiger partial charge in [0.1, 0.15) is 5.75 Å². The SMILES string of the molecule is Cc1cccc(CCNCc2cccc(OCCCC#N)c2)c1. The van der Waals surface area contributed by atoms with E-state index in [1.165, 1.54) is 16.7 Å². The van der Waals surface area contributed by atoms with Crippen molar-refractivity contribution in [1.82, 2.24) is 5.32 Å². The maximum Gasteiger partial charge on any atom is 0.119 e. The fourth-order valence-electron chi connectivity index (χ4n) is 2.42. The summed E-state index contributed by atoms with van der Waals surface area (Å²) in [6.45, 7) is 4.51. The second-order valence-corrected chi connectivity index (χ2v) is 5.67. The molecule has 0 aromatic heterocycles.